The Labute approximate surface area is 185 Å². The maximum atomic E-state index is 13.2. The van der Waals surface area contributed by atoms with E-state index in [2.05, 4.69) is 11.4 Å². The quantitative estimate of drug-likeness (QED) is 0.510. The highest BCUT2D eigenvalue weighted by molar-refractivity contribution is 7.89. The number of non-ortho nitro benzene ring substituents is 1. The van der Waals surface area contributed by atoms with Gasteiger partial charge in [-0.25, -0.2) is 8.42 Å². The van der Waals surface area contributed by atoms with Crippen LogP contribution < -0.4 is 0 Å². The van der Waals surface area contributed by atoms with E-state index in [4.69, 9.17) is 0 Å². The van der Waals surface area contributed by atoms with Gasteiger partial charge in [0.1, 0.15) is 0 Å². The lowest BCUT2D eigenvalue weighted by Crippen LogP contribution is -2.46. The Morgan fingerprint density at radius 3 is 2.58 bits per heavy atom. The number of fused-ring (bicyclic) bond motifs is 1. The van der Waals surface area contributed by atoms with Gasteiger partial charge >= 0.3 is 0 Å². The Morgan fingerprint density at radius 2 is 1.90 bits per heavy atom. The Morgan fingerprint density at radius 1 is 1.19 bits per heavy atom. The SMILES string of the molecule is Cc1ccc([N+](=O)[O-])cc1S(=O)(=O)N1CCC(C(=O)N2CCc3sccc3[C@@H]2C)CC1. The number of hydrogen-bond donors (Lipinski definition) is 0. The third kappa shape index (κ3) is 3.99. The van der Waals surface area contributed by atoms with Gasteiger partial charge in [-0.15, -0.1) is 11.3 Å². The number of piperidine rings is 1. The van der Waals surface area contributed by atoms with Gasteiger partial charge in [-0.2, -0.15) is 4.31 Å². The van der Waals surface area contributed by atoms with Crippen LogP contribution in [0.5, 0.6) is 0 Å². The fourth-order valence-electron chi connectivity index (χ4n) is 4.51. The van der Waals surface area contributed by atoms with Crippen molar-refractivity contribution in [1.82, 2.24) is 9.21 Å². The summed E-state index contributed by atoms with van der Waals surface area (Å²) in [7, 11) is -3.86. The predicted molar refractivity (Wildman–Crippen MR) is 117 cm³/mol. The summed E-state index contributed by atoms with van der Waals surface area (Å²) in [6, 6.07) is 6.00. The summed E-state index contributed by atoms with van der Waals surface area (Å²) < 4.78 is 27.6. The first-order chi connectivity index (χ1) is 14.7. The van der Waals surface area contributed by atoms with Crippen LogP contribution in [0.15, 0.2) is 34.5 Å². The van der Waals surface area contributed by atoms with E-state index < -0.39 is 14.9 Å². The molecule has 2 aliphatic heterocycles. The lowest BCUT2D eigenvalue weighted by molar-refractivity contribution is -0.385. The lowest BCUT2D eigenvalue weighted by Gasteiger charge is -2.38. The van der Waals surface area contributed by atoms with Crippen molar-refractivity contribution in [2.24, 2.45) is 5.92 Å². The molecule has 1 aromatic carbocycles. The number of benzene rings is 1. The Kier molecular flexibility index (Phi) is 5.89. The molecule has 2 aromatic rings. The van der Waals surface area contributed by atoms with Crippen LogP contribution in [-0.4, -0.2) is 48.1 Å². The molecule has 0 bridgehead atoms. The molecule has 1 aromatic heterocycles. The minimum atomic E-state index is -3.86. The largest absolute Gasteiger partial charge is 0.335 e. The summed E-state index contributed by atoms with van der Waals surface area (Å²) in [5, 5.41) is 13.1. The summed E-state index contributed by atoms with van der Waals surface area (Å²) in [5.41, 5.74) is 1.43. The van der Waals surface area contributed by atoms with Crippen LogP contribution in [0.1, 0.15) is 41.8 Å². The average molecular weight is 464 g/mol. The Hall–Kier alpha value is -2.30. The molecule has 1 atom stereocenters. The maximum Gasteiger partial charge on any atom is 0.270 e. The number of hydrogen-bond acceptors (Lipinski definition) is 6. The van der Waals surface area contributed by atoms with Gasteiger partial charge in [0.25, 0.3) is 5.69 Å². The molecule has 1 saturated heterocycles. The molecule has 0 radical (unpaired) electrons. The first kappa shape index (κ1) is 21.9. The topological polar surface area (TPSA) is 101 Å². The van der Waals surface area contributed by atoms with Gasteiger partial charge in [-0.1, -0.05) is 6.07 Å². The second-order valence-corrected chi connectivity index (χ2v) is 11.0. The zero-order valence-corrected chi connectivity index (χ0v) is 19.1. The highest BCUT2D eigenvalue weighted by Gasteiger charge is 2.37. The summed E-state index contributed by atoms with van der Waals surface area (Å²) >= 11 is 1.73. The van der Waals surface area contributed by atoms with Gasteiger partial charge in [0.15, 0.2) is 0 Å². The van der Waals surface area contributed by atoms with Gasteiger partial charge < -0.3 is 4.90 Å². The Balaban J connectivity index is 1.46. The third-order valence-electron chi connectivity index (χ3n) is 6.36. The van der Waals surface area contributed by atoms with Crippen molar-refractivity contribution < 1.29 is 18.1 Å². The molecule has 0 saturated carbocycles. The molecule has 0 spiro atoms. The number of thiophene rings is 1. The highest BCUT2D eigenvalue weighted by atomic mass is 32.2. The smallest absolute Gasteiger partial charge is 0.270 e. The van der Waals surface area contributed by atoms with Crippen LogP contribution in [0.4, 0.5) is 5.69 Å². The molecule has 4 rings (SSSR count). The third-order valence-corrected chi connectivity index (χ3v) is 9.40. The fraction of sp³-hybridized carbons (Fsp3) is 0.476. The van der Waals surface area contributed by atoms with E-state index in [1.807, 2.05) is 11.8 Å². The minimum Gasteiger partial charge on any atom is -0.335 e. The van der Waals surface area contributed by atoms with E-state index >= 15 is 0 Å². The Bertz CT molecular complexity index is 1120. The summed E-state index contributed by atoms with van der Waals surface area (Å²) in [5.74, 6) is -0.117. The molecule has 0 unspecified atom stereocenters. The zero-order valence-electron chi connectivity index (χ0n) is 17.5. The highest BCUT2D eigenvalue weighted by Crippen LogP contribution is 2.35. The van der Waals surface area contributed by atoms with Crippen molar-refractivity contribution in [1.29, 1.82) is 0 Å². The molecule has 0 N–H and O–H groups in total. The standard InChI is InChI=1S/C21H25N3O5S2/c1-14-3-4-17(24(26)27)13-20(14)31(28,29)22-9-5-16(6-10-22)21(25)23-11-7-19-18(15(23)2)8-12-30-19/h3-4,8,12-13,15-16H,5-7,9-11H2,1-2H3/t15-/m0/s1. The molecule has 31 heavy (non-hydrogen) atoms. The van der Waals surface area contributed by atoms with Crippen LogP contribution in [-0.2, 0) is 21.2 Å². The summed E-state index contributed by atoms with van der Waals surface area (Å²) in [6.45, 7) is 4.83. The monoisotopic (exact) mass is 463 g/mol. The second-order valence-electron chi connectivity index (χ2n) is 8.14. The van der Waals surface area contributed by atoms with Gasteiger partial charge in [0.05, 0.1) is 15.9 Å². The van der Waals surface area contributed by atoms with Crippen LogP contribution >= 0.6 is 11.3 Å². The number of amides is 1. The number of rotatable bonds is 4. The van der Waals surface area contributed by atoms with Crippen LogP contribution in [0.25, 0.3) is 0 Å². The molecular weight excluding hydrogens is 438 g/mol. The van der Waals surface area contributed by atoms with E-state index in [9.17, 15) is 23.3 Å². The predicted octanol–water partition coefficient (Wildman–Crippen LogP) is 3.51. The molecular formula is C21H25N3O5S2. The molecule has 2 aliphatic rings. The van der Waals surface area contributed by atoms with E-state index in [0.29, 0.717) is 24.9 Å². The number of carbonyl (C=O) groups excluding carboxylic acids is 1. The maximum absolute atomic E-state index is 13.2. The molecule has 1 amide bonds. The number of nitrogens with zero attached hydrogens (tertiary/aromatic N) is 3. The summed E-state index contributed by atoms with van der Waals surface area (Å²) in [4.78, 5) is 26.9. The van der Waals surface area contributed by atoms with Crippen molar-refractivity contribution >= 4 is 33.0 Å². The van der Waals surface area contributed by atoms with E-state index in [0.717, 1.165) is 12.5 Å². The average Bonchev–Trinajstić information content (AvgIpc) is 3.23. The van der Waals surface area contributed by atoms with Crippen molar-refractivity contribution in [3.63, 3.8) is 0 Å². The van der Waals surface area contributed by atoms with Crippen LogP contribution in [0.3, 0.4) is 0 Å². The zero-order chi connectivity index (χ0) is 22.3. The second kappa shape index (κ2) is 8.33. The number of aryl methyl sites for hydroxylation is 1. The normalized spacial score (nSPS) is 20.5. The van der Waals surface area contributed by atoms with Gasteiger partial charge in [0.2, 0.25) is 15.9 Å². The first-order valence-corrected chi connectivity index (χ1v) is 12.6. The van der Waals surface area contributed by atoms with Crippen molar-refractivity contribution in [3.05, 3.63) is 55.8 Å². The minimum absolute atomic E-state index is 0.0387. The van der Waals surface area contributed by atoms with Crippen molar-refractivity contribution in [2.45, 2.75) is 44.0 Å². The number of nitro benzene ring substituents is 1. The molecule has 3 heterocycles. The summed E-state index contributed by atoms with van der Waals surface area (Å²) in [6.07, 6.45) is 1.76. The molecule has 0 aliphatic carbocycles. The van der Waals surface area contributed by atoms with E-state index in [-0.39, 0.29) is 41.5 Å². The lowest BCUT2D eigenvalue weighted by atomic mass is 9.93. The van der Waals surface area contributed by atoms with E-state index in [1.165, 1.54) is 26.9 Å². The number of carbonyl (C=O) groups is 1. The molecule has 10 heteroatoms. The van der Waals surface area contributed by atoms with Gasteiger partial charge in [0, 0.05) is 42.6 Å². The number of sulfonamides is 1. The van der Waals surface area contributed by atoms with Crippen LogP contribution in [0, 0.1) is 23.0 Å². The molecule has 1 fully saturated rings. The van der Waals surface area contributed by atoms with Crippen LogP contribution in [0.2, 0.25) is 0 Å². The van der Waals surface area contributed by atoms with Crippen molar-refractivity contribution in [2.75, 3.05) is 19.6 Å². The number of nitro groups is 1. The first-order valence-electron chi connectivity index (χ1n) is 10.3. The fourth-order valence-corrected chi connectivity index (χ4v) is 7.18. The van der Waals surface area contributed by atoms with E-state index in [1.54, 1.807) is 18.3 Å². The molecule has 8 nitrogen and oxygen atoms in total. The van der Waals surface area contributed by atoms with Crippen molar-refractivity contribution in [3.8, 4) is 0 Å². The van der Waals surface area contributed by atoms with Gasteiger partial charge in [-0.3, -0.25) is 14.9 Å². The molecule has 166 valence electrons. The van der Waals surface area contributed by atoms with Gasteiger partial charge in [-0.05, 0) is 55.7 Å².